The van der Waals surface area contributed by atoms with Crippen molar-refractivity contribution in [3.8, 4) is 11.1 Å². The molecule has 25 heavy (non-hydrogen) atoms. The van der Waals surface area contributed by atoms with E-state index in [2.05, 4.69) is 0 Å². The molecular weight excluding hydrogens is 359 g/mol. The van der Waals surface area contributed by atoms with E-state index in [1.54, 1.807) is 12.1 Å². The molecule has 130 valence electrons. The molecule has 1 aromatic heterocycles. The lowest BCUT2D eigenvalue weighted by Gasteiger charge is -2.08. The van der Waals surface area contributed by atoms with Crippen LogP contribution in [0.3, 0.4) is 0 Å². The SMILES string of the molecule is CN(C(=O)O)c1cc2cc(-c3ccc(C(F)(F)F)cc3)cc(Cl)c2o1. The summed E-state index contributed by atoms with van der Waals surface area (Å²) in [6.07, 6.45) is -5.60. The molecule has 0 aliphatic carbocycles. The maximum Gasteiger partial charge on any atom is 0.416 e. The summed E-state index contributed by atoms with van der Waals surface area (Å²) in [5.41, 5.74) is 0.709. The molecule has 1 N–H and O–H groups in total. The number of nitrogens with zero attached hydrogens (tertiary/aromatic N) is 1. The van der Waals surface area contributed by atoms with E-state index in [-0.39, 0.29) is 10.9 Å². The molecule has 8 heteroatoms. The summed E-state index contributed by atoms with van der Waals surface area (Å²) < 4.78 is 43.4. The van der Waals surface area contributed by atoms with Gasteiger partial charge in [0, 0.05) is 18.5 Å². The fourth-order valence-corrected chi connectivity index (χ4v) is 2.64. The van der Waals surface area contributed by atoms with Crippen molar-refractivity contribution in [1.82, 2.24) is 0 Å². The highest BCUT2D eigenvalue weighted by Crippen LogP contribution is 2.36. The van der Waals surface area contributed by atoms with Crippen molar-refractivity contribution in [2.75, 3.05) is 11.9 Å². The molecule has 0 spiro atoms. The number of hydrogen-bond acceptors (Lipinski definition) is 2. The van der Waals surface area contributed by atoms with Gasteiger partial charge >= 0.3 is 12.3 Å². The van der Waals surface area contributed by atoms with Gasteiger partial charge in [-0.1, -0.05) is 23.7 Å². The molecule has 0 fully saturated rings. The van der Waals surface area contributed by atoms with Gasteiger partial charge in [-0.15, -0.1) is 0 Å². The second-order valence-corrected chi connectivity index (χ2v) is 5.78. The van der Waals surface area contributed by atoms with Gasteiger partial charge in [-0.05, 0) is 35.4 Å². The summed E-state index contributed by atoms with van der Waals surface area (Å²) >= 11 is 6.17. The zero-order valence-corrected chi connectivity index (χ0v) is 13.5. The number of hydrogen-bond donors (Lipinski definition) is 1. The number of fused-ring (bicyclic) bond motifs is 1. The first-order valence-electron chi connectivity index (χ1n) is 7.04. The summed E-state index contributed by atoms with van der Waals surface area (Å²) in [5, 5.41) is 9.78. The van der Waals surface area contributed by atoms with Gasteiger partial charge in [0.25, 0.3) is 0 Å². The van der Waals surface area contributed by atoms with Crippen LogP contribution < -0.4 is 4.90 Å². The van der Waals surface area contributed by atoms with Crippen molar-refractivity contribution in [2.45, 2.75) is 6.18 Å². The number of benzene rings is 2. The molecule has 0 atom stereocenters. The van der Waals surface area contributed by atoms with Crippen molar-refractivity contribution in [2.24, 2.45) is 0 Å². The molecule has 4 nitrogen and oxygen atoms in total. The molecule has 0 unspecified atom stereocenters. The number of alkyl halides is 3. The Bertz CT molecular complexity index is 948. The molecule has 0 saturated heterocycles. The van der Waals surface area contributed by atoms with Crippen LogP contribution in [0.15, 0.2) is 46.9 Å². The highest BCUT2D eigenvalue weighted by molar-refractivity contribution is 6.35. The van der Waals surface area contributed by atoms with E-state index in [0.717, 1.165) is 17.0 Å². The zero-order valence-electron chi connectivity index (χ0n) is 12.8. The minimum atomic E-state index is -4.40. The second-order valence-electron chi connectivity index (χ2n) is 5.38. The Labute approximate surface area is 145 Å². The van der Waals surface area contributed by atoms with Gasteiger partial charge in [-0.25, -0.2) is 4.79 Å². The lowest BCUT2D eigenvalue weighted by atomic mass is 10.0. The van der Waals surface area contributed by atoms with Gasteiger partial charge < -0.3 is 9.52 Å². The highest BCUT2D eigenvalue weighted by atomic mass is 35.5. The molecular formula is C17H11ClF3NO3. The molecule has 0 saturated carbocycles. The van der Waals surface area contributed by atoms with Crippen LogP contribution in [0, 0.1) is 0 Å². The van der Waals surface area contributed by atoms with Gasteiger partial charge in [0.1, 0.15) is 0 Å². The molecule has 1 heterocycles. The van der Waals surface area contributed by atoms with E-state index in [0.29, 0.717) is 22.1 Å². The van der Waals surface area contributed by atoms with E-state index in [1.165, 1.54) is 25.2 Å². The third-order valence-electron chi connectivity index (χ3n) is 3.72. The first kappa shape index (κ1) is 17.2. The number of carbonyl (C=O) groups is 1. The molecule has 3 rings (SSSR count). The zero-order chi connectivity index (χ0) is 18.4. The molecule has 0 aliphatic heterocycles. The third-order valence-corrected chi connectivity index (χ3v) is 4.00. The number of rotatable bonds is 2. The summed E-state index contributed by atoms with van der Waals surface area (Å²) in [7, 11) is 1.32. The topological polar surface area (TPSA) is 53.7 Å². The van der Waals surface area contributed by atoms with Crippen molar-refractivity contribution in [1.29, 1.82) is 0 Å². The average Bonchev–Trinajstić information content (AvgIpc) is 2.98. The highest BCUT2D eigenvalue weighted by Gasteiger charge is 2.30. The predicted molar refractivity (Wildman–Crippen MR) is 88.1 cm³/mol. The molecule has 0 aliphatic rings. The van der Waals surface area contributed by atoms with Crippen LogP contribution in [0.2, 0.25) is 5.02 Å². The van der Waals surface area contributed by atoms with E-state index in [4.69, 9.17) is 21.1 Å². The van der Waals surface area contributed by atoms with Gasteiger partial charge in [-0.2, -0.15) is 13.2 Å². The normalized spacial score (nSPS) is 11.7. The molecule has 0 radical (unpaired) electrons. The summed E-state index contributed by atoms with van der Waals surface area (Å²) in [6.45, 7) is 0. The van der Waals surface area contributed by atoms with E-state index < -0.39 is 17.8 Å². The van der Waals surface area contributed by atoms with E-state index in [9.17, 15) is 18.0 Å². The second kappa shape index (κ2) is 6.00. The van der Waals surface area contributed by atoms with Gasteiger partial charge in [-0.3, -0.25) is 4.90 Å². The molecule has 3 aromatic rings. The largest absolute Gasteiger partial charge is 0.465 e. The van der Waals surface area contributed by atoms with E-state index in [1.807, 2.05) is 0 Å². The van der Waals surface area contributed by atoms with Crippen LogP contribution in [-0.2, 0) is 6.18 Å². The fourth-order valence-electron chi connectivity index (χ4n) is 2.37. The predicted octanol–water partition coefficient (Wildman–Crippen LogP) is 5.89. The third kappa shape index (κ3) is 3.28. The lowest BCUT2D eigenvalue weighted by Crippen LogP contribution is -2.22. The quantitative estimate of drug-likeness (QED) is 0.613. The Hall–Kier alpha value is -2.67. The Morgan fingerprint density at radius 1 is 1.12 bits per heavy atom. The molecule has 2 aromatic carbocycles. The van der Waals surface area contributed by atoms with Gasteiger partial charge in [0.2, 0.25) is 5.88 Å². The monoisotopic (exact) mass is 369 g/mol. The number of carboxylic acid groups (broad SMARTS) is 1. The Morgan fingerprint density at radius 3 is 2.32 bits per heavy atom. The molecule has 1 amide bonds. The number of anilines is 1. The first-order chi connectivity index (χ1) is 11.7. The van der Waals surface area contributed by atoms with E-state index >= 15 is 0 Å². The van der Waals surface area contributed by atoms with Crippen LogP contribution in [0.4, 0.5) is 23.8 Å². The van der Waals surface area contributed by atoms with Crippen molar-refractivity contribution < 1.29 is 27.5 Å². The summed E-state index contributed by atoms with van der Waals surface area (Å²) in [5.74, 6) is 0.0916. The van der Waals surface area contributed by atoms with Crippen molar-refractivity contribution in [3.05, 3.63) is 53.1 Å². The smallest absolute Gasteiger partial charge is 0.416 e. The Kier molecular flexibility index (Phi) is 4.12. The lowest BCUT2D eigenvalue weighted by molar-refractivity contribution is -0.137. The summed E-state index contributed by atoms with van der Waals surface area (Å²) in [6, 6.07) is 9.42. The number of halogens is 4. The van der Waals surface area contributed by atoms with Crippen LogP contribution >= 0.6 is 11.6 Å². The first-order valence-corrected chi connectivity index (χ1v) is 7.42. The van der Waals surface area contributed by atoms with Crippen molar-refractivity contribution in [3.63, 3.8) is 0 Å². The average molecular weight is 370 g/mol. The standard InChI is InChI=1S/C17H11ClF3NO3/c1-22(16(23)24)14-8-11-6-10(7-13(18)15(11)25-14)9-2-4-12(5-3-9)17(19,20)21/h2-8H,1H3,(H,23,24). The van der Waals surface area contributed by atoms with Crippen LogP contribution in [-0.4, -0.2) is 18.2 Å². The minimum absolute atomic E-state index is 0.0916. The number of amides is 1. The Balaban J connectivity index is 2.04. The summed E-state index contributed by atoms with van der Waals surface area (Å²) in [4.78, 5) is 11.9. The number of furan rings is 1. The maximum absolute atomic E-state index is 12.7. The van der Waals surface area contributed by atoms with Gasteiger partial charge in [0.15, 0.2) is 5.58 Å². The minimum Gasteiger partial charge on any atom is -0.465 e. The van der Waals surface area contributed by atoms with Crippen LogP contribution in [0.25, 0.3) is 22.1 Å². The fraction of sp³-hybridized carbons (Fsp3) is 0.118. The van der Waals surface area contributed by atoms with Crippen molar-refractivity contribution >= 4 is 34.5 Å². The maximum atomic E-state index is 12.7. The van der Waals surface area contributed by atoms with Crippen LogP contribution in [0.5, 0.6) is 0 Å². The Morgan fingerprint density at radius 2 is 1.76 bits per heavy atom. The molecule has 0 bridgehead atoms. The van der Waals surface area contributed by atoms with Crippen LogP contribution in [0.1, 0.15) is 5.56 Å². The van der Waals surface area contributed by atoms with Gasteiger partial charge in [0.05, 0.1) is 10.6 Å².